The Bertz CT molecular complexity index is 524. The molecule has 1 aromatic heterocycles. The van der Waals surface area contributed by atoms with Crippen LogP contribution in [0.5, 0.6) is 0 Å². The van der Waals surface area contributed by atoms with Crippen molar-refractivity contribution >= 4 is 27.5 Å². The fourth-order valence-corrected chi connectivity index (χ4v) is 2.57. The predicted molar refractivity (Wildman–Crippen MR) is 78.9 cm³/mol. The fraction of sp³-hybridized carbons (Fsp3) is 0.286. The molecule has 96 valence electrons. The van der Waals surface area contributed by atoms with Crippen molar-refractivity contribution in [3.63, 3.8) is 0 Å². The molecule has 2 rings (SSSR count). The van der Waals surface area contributed by atoms with Crippen LogP contribution in [0.4, 0.5) is 0 Å². The molecule has 1 N–H and O–H groups in total. The Morgan fingerprint density at radius 2 is 2.11 bits per heavy atom. The highest BCUT2D eigenvalue weighted by atomic mass is 79.9. The Kier molecular flexibility index (Phi) is 4.87. The molecule has 0 fully saturated rings. The first-order valence-corrected chi connectivity index (χ1v) is 7.12. The Hall–Kier alpha value is -0.770. The van der Waals surface area contributed by atoms with Gasteiger partial charge in [0.2, 0.25) is 0 Å². The predicted octanol–water partition coefficient (Wildman–Crippen LogP) is 4.86. The van der Waals surface area contributed by atoms with Gasteiger partial charge in [-0.05, 0) is 59.2 Å². The lowest BCUT2D eigenvalue weighted by Crippen LogP contribution is -2.12. The van der Waals surface area contributed by atoms with E-state index in [2.05, 4.69) is 28.2 Å². The Morgan fingerprint density at radius 1 is 1.28 bits per heavy atom. The fourth-order valence-electron chi connectivity index (χ4n) is 1.70. The minimum Gasteiger partial charge on any atom is -0.460 e. The van der Waals surface area contributed by atoms with Gasteiger partial charge in [-0.15, -0.1) is 0 Å². The van der Waals surface area contributed by atoms with E-state index in [9.17, 15) is 0 Å². The van der Waals surface area contributed by atoms with Crippen molar-refractivity contribution in [3.05, 3.63) is 45.6 Å². The largest absolute Gasteiger partial charge is 0.460 e. The zero-order valence-electron chi connectivity index (χ0n) is 10.2. The van der Waals surface area contributed by atoms with Crippen LogP contribution in [-0.2, 0) is 6.54 Å². The molecule has 0 aliphatic heterocycles. The lowest BCUT2D eigenvalue weighted by atomic mass is 10.2. The standard InChI is InChI=1S/C14H15BrClNO/c1-2-7-17-9-11-4-6-14(18-11)12-5-3-10(16)8-13(12)15/h3-6,8,17H,2,7,9H2,1H3. The van der Waals surface area contributed by atoms with Crippen LogP contribution < -0.4 is 5.32 Å². The molecule has 4 heteroatoms. The highest BCUT2D eigenvalue weighted by Crippen LogP contribution is 2.31. The van der Waals surface area contributed by atoms with E-state index in [-0.39, 0.29) is 0 Å². The van der Waals surface area contributed by atoms with Gasteiger partial charge in [0, 0.05) is 15.1 Å². The van der Waals surface area contributed by atoms with Gasteiger partial charge in [0.05, 0.1) is 6.54 Å². The summed E-state index contributed by atoms with van der Waals surface area (Å²) in [4.78, 5) is 0. The Balaban J connectivity index is 2.13. The molecule has 0 bridgehead atoms. The number of furan rings is 1. The third kappa shape index (κ3) is 3.37. The monoisotopic (exact) mass is 327 g/mol. The zero-order chi connectivity index (χ0) is 13.0. The van der Waals surface area contributed by atoms with Gasteiger partial charge in [-0.25, -0.2) is 0 Å². The van der Waals surface area contributed by atoms with Crippen LogP contribution in [0.3, 0.4) is 0 Å². The first kappa shape index (κ1) is 13.7. The zero-order valence-corrected chi connectivity index (χ0v) is 12.5. The molecule has 0 aliphatic carbocycles. The maximum absolute atomic E-state index is 5.92. The van der Waals surface area contributed by atoms with Gasteiger partial charge in [-0.3, -0.25) is 0 Å². The topological polar surface area (TPSA) is 25.2 Å². The molecule has 0 spiro atoms. The van der Waals surface area contributed by atoms with Gasteiger partial charge in [0.1, 0.15) is 11.5 Å². The number of nitrogens with one attached hydrogen (secondary N) is 1. The minimum atomic E-state index is 0.710. The van der Waals surface area contributed by atoms with Crippen molar-refractivity contribution < 1.29 is 4.42 Å². The van der Waals surface area contributed by atoms with E-state index in [0.717, 1.165) is 41.1 Å². The molecule has 0 saturated carbocycles. The number of rotatable bonds is 5. The molecule has 18 heavy (non-hydrogen) atoms. The molecule has 2 aromatic rings. The average molecular weight is 329 g/mol. The number of hydrogen-bond donors (Lipinski definition) is 1. The van der Waals surface area contributed by atoms with Gasteiger partial charge in [0.25, 0.3) is 0 Å². The number of halogens is 2. The quantitative estimate of drug-likeness (QED) is 0.793. The maximum Gasteiger partial charge on any atom is 0.135 e. The van der Waals surface area contributed by atoms with E-state index < -0.39 is 0 Å². The van der Waals surface area contributed by atoms with Crippen molar-refractivity contribution in [1.29, 1.82) is 0 Å². The van der Waals surface area contributed by atoms with E-state index in [1.165, 1.54) is 0 Å². The summed E-state index contributed by atoms with van der Waals surface area (Å²) in [5, 5.41) is 4.02. The minimum absolute atomic E-state index is 0.710. The van der Waals surface area contributed by atoms with Gasteiger partial charge in [-0.1, -0.05) is 18.5 Å². The van der Waals surface area contributed by atoms with Crippen LogP contribution in [0.1, 0.15) is 19.1 Å². The van der Waals surface area contributed by atoms with E-state index in [0.29, 0.717) is 5.02 Å². The molecule has 0 atom stereocenters. The van der Waals surface area contributed by atoms with Gasteiger partial charge >= 0.3 is 0 Å². The van der Waals surface area contributed by atoms with Crippen LogP contribution in [0.2, 0.25) is 5.02 Å². The molecular weight excluding hydrogens is 314 g/mol. The van der Waals surface area contributed by atoms with Crippen LogP contribution in [0.25, 0.3) is 11.3 Å². The van der Waals surface area contributed by atoms with Gasteiger partial charge in [-0.2, -0.15) is 0 Å². The summed E-state index contributed by atoms with van der Waals surface area (Å²) in [5.41, 5.74) is 1.01. The average Bonchev–Trinajstić information content (AvgIpc) is 2.78. The van der Waals surface area contributed by atoms with Crippen molar-refractivity contribution in [3.8, 4) is 11.3 Å². The maximum atomic E-state index is 5.92. The van der Waals surface area contributed by atoms with E-state index >= 15 is 0 Å². The molecule has 1 aromatic carbocycles. The smallest absolute Gasteiger partial charge is 0.135 e. The second-order valence-corrected chi connectivity index (χ2v) is 5.36. The molecule has 0 radical (unpaired) electrons. The molecule has 2 nitrogen and oxygen atoms in total. The summed E-state index contributed by atoms with van der Waals surface area (Å²) < 4.78 is 6.74. The molecule has 0 aliphatic rings. The van der Waals surface area contributed by atoms with E-state index in [4.69, 9.17) is 16.0 Å². The normalized spacial score (nSPS) is 10.8. The van der Waals surface area contributed by atoms with Crippen molar-refractivity contribution in [2.75, 3.05) is 6.54 Å². The highest BCUT2D eigenvalue weighted by molar-refractivity contribution is 9.10. The summed E-state index contributed by atoms with van der Waals surface area (Å²) in [6.07, 6.45) is 1.12. The van der Waals surface area contributed by atoms with Gasteiger partial charge in [0.15, 0.2) is 0 Å². The molecular formula is C14H15BrClNO. The van der Waals surface area contributed by atoms with E-state index in [1.807, 2.05) is 30.3 Å². The first-order valence-electron chi connectivity index (χ1n) is 5.95. The first-order chi connectivity index (χ1) is 8.70. The highest BCUT2D eigenvalue weighted by Gasteiger charge is 2.08. The summed E-state index contributed by atoms with van der Waals surface area (Å²) in [6.45, 7) is 3.91. The third-order valence-corrected chi connectivity index (χ3v) is 3.48. The molecule has 0 saturated heterocycles. The SMILES string of the molecule is CCCNCc1ccc(-c2ccc(Cl)cc2Br)o1. The second-order valence-electron chi connectivity index (χ2n) is 4.07. The van der Waals surface area contributed by atoms with Crippen LogP contribution in [-0.4, -0.2) is 6.54 Å². The number of benzene rings is 1. The lowest BCUT2D eigenvalue weighted by Gasteiger charge is -2.02. The second kappa shape index (κ2) is 6.41. The van der Waals surface area contributed by atoms with Crippen molar-refractivity contribution in [2.45, 2.75) is 19.9 Å². The van der Waals surface area contributed by atoms with Crippen molar-refractivity contribution in [1.82, 2.24) is 5.32 Å². The van der Waals surface area contributed by atoms with Crippen molar-refractivity contribution in [2.24, 2.45) is 0 Å². The molecule has 0 amide bonds. The third-order valence-electron chi connectivity index (χ3n) is 2.58. The molecule has 0 unspecified atom stereocenters. The Morgan fingerprint density at radius 3 is 2.83 bits per heavy atom. The summed E-state index contributed by atoms with van der Waals surface area (Å²) in [6, 6.07) is 9.66. The van der Waals surface area contributed by atoms with Crippen LogP contribution >= 0.6 is 27.5 Å². The summed E-state index contributed by atoms with van der Waals surface area (Å²) in [5.74, 6) is 1.80. The van der Waals surface area contributed by atoms with Crippen LogP contribution in [0.15, 0.2) is 39.2 Å². The lowest BCUT2D eigenvalue weighted by molar-refractivity contribution is 0.493. The van der Waals surface area contributed by atoms with Gasteiger partial charge < -0.3 is 9.73 Å². The summed E-state index contributed by atoms with van der Waals surface area (Å²) >= 11 is 9.42. The number of hydrogen-bond acceptors (Lipinski definition) is 2. The van der Waals surface area contributed by atoms with E-state index in [1.54, 1.807) is 0 Å². The summed E-state index contributed by atoms with van der Waals surface area (Å²) in [7, 11) is 0. The Labute approximate surface area is 120 Å². The molecule has 1 heterocycles. The van der Waals surface area contributed by atoms with Crippen LogP contribution in [0, 0.1) is 0 Å².